The second-order valence-electron chi connectivity index (χ2n) is 23.1. The average molecular weight is 943 g/mol. The first kappa shape index (κ1) is 50.9. The summed E-state index contributed by atoms with van der Waals surface area (Å²) in [4.78, 5) is 15.0. The van der Waals surface area contributed by atoms with E-state index in [4.69, 9.17) is 28.4 Å². The van der Waals surface area contributed by atoms with E-state index >= 15 is 0 Å². The molecule has 8 aliphatic rings. The van der Waals surface area contributed by atoms with Crippen LogP contribution in [0.4, 0.5) is 0 Å². The van der Waals surface area contributed by atoms with Crippen LogP contribution in [-0.4, -0.2) is 180 Å². The van der Waals surface area contributed by atoms with Crippen LogP contribution in [0.2, 0.25) is 0 Å². The van der Waals surface area contributed by atoms with Gasteiger partial charge in [0.15, 0.2) is 12.6 Å². The van der Waals surface area contributed by atoms with Crippen LogP contribution in [0, 0.1) is 56.7 Å². The van der Waals surface area contributed by atoms with E-state index in [1.807, 2.05) is 6.92 Å². The molecule has 0 aromatic rings. The Balaban J connectivity index is 0.975. The molecule has 0 aromatic carbocycles. The second kappa shape index (κ2) is 18.0. The number of aliphatic hydroxyl groups is 11. The maximum Gasteiger partial charge on any atom is 0.314 e. The Morgan fingerprint density at radius 3 is 1.98 bits per heavy atom. The zero-order valence-corrected chi connectivity index (χ0v) is 39.5. The van der Waals surface area contributed by atoms with Crippen molar-refractivity contribution in [2.75, 3.05) is 13.2 Å². The molecule has 3 heterocycles. The van der Waals surface area contributed by atoms with Gasteiger partial charge in [-0.15, -0.1) is 0 Å². The Morgan fingerprint density at radius 1 is 0.682 bits per heavy atom. The molecule has 18 heteroatoms. The maximum atomic E-state index is 15.0. The van der Waals surface area contributed by atoms with E-state index in [1.54, 1.807) is 0 Å². The third kappa shape index (κ3) is 7.69. The molecule has 0 radical (unpaired) electrons. The first-order valence-corrected chi connectivity index (χ1v) is 24.3. The van der Waals surface area contributed by atoms with Gasteiger partial charge in [-0.05, 0) is 123 Å². The van der Waals surface area contributed by atoms with Crippen LogP contribution >= 0.6 is 0 Å². The van der Waals surface area contributed by atoms with Crippen molar-refractivity contribution in [1.29, 1.82) is 0 Å². The molecule has 0 amide bonds. The molecule has 3 aliphatic heterocycles. The molecule has 0 bridgehead atoms. The standard InChI is InChI=1S/C48H78O18/c1-20(2)22-9-14-48(16-15-46(7)23(29(22)48)17-24(50)39-45(6)12-11-28(51)44(4,5)27(45)10-13-47(39,46)8)43(60)66-42-36(58)33(55)31(53)26(64-42)19-61-40-37(59)34(56)38(25(18-49)63-40)65-41-35(57)32(54)30(52)21(3)62-41/h21-42,49-59H,1,9-19H2,2-8H3/t21-,22-,23+,24+,25+,26+,27-,28+,29?,30-,31+,32+,33-,34+,35+,36+,37+,38+,39+,40+,41+,42-,45-,46+,47+,48-/m0/s1. The summed E-state index contributed by atoms with van der Waals surface area (Å²) in [6, 6.07) is 0. The van der Waals surface area contributed by atoms with Crippen molar-refractivity contribution in [2.24, 2.45) is 56.7 Å². The van der Waals surface area contributed by atoms with Gasteiger partial charge in [0, 0.05) is 0 Å². The van der Waals surface area contributed by atoms with Gasteiger partial charge in [0.05, 0.1) is 36.9 Å². The average Bonchev–Trinajstić information content (AvgIpc) is 3.67. The zero-order chi connectivity index (χ0) is 48.4. The predicted octanol–water partition coefficient (Wildman–Crippen LogP) is -0.00520. The van der Waals surface area contributed by atoms with Crippen LogP contribution in [0.1, 0.15) is 106 Å². The van der Waals surface area contributed by atoms with E-state index < -0.39 is 129 Å². The molecule has 0 aromatic heterocycles. The number of allylic oxidation sites excluding steroid dienone is 1. The minimum atomic E-state index is -1.86. The highest BCUT2D eigenvalue weighted by Crippen LogP contribution is 2.77. The van der Waals surface area contributed by atoms with Gasteiger partial charge in [-0.3, -0.25) is 4.79 Å². The van der Waals surface area contributed by atoms with Crippen LogP contribution in [-0.2, 0) is 33.2 Å². The maximum absolute atomic E-state index is 15.0. The van der Waals surface area contributed by atoms with Gasteiger partial charge in [0.2, 0.25) is 6.29 Å². The third-order valence-electron chi connectivity index (χ3n) is 19.6. The number of ether oxygens (including phenoxy) is 6. The van der Waals surface area contributed by atoms with Crippen molar-refractivity contribution in [1.82, 2.24) is 0 Å². The van der Waals surface area contributed by atoms with Crippen LogP contribution in [0.25, 0.3) is 0 Å². The van der Waals surface area contributed by atoms with Crippen molar-refractivity contribution in [3.05, 3.63) is 12.2 Å². The van der Waals surface area contributed by atoms with Crippen LogP contribution in [0.3, 0.4) is 0 Å². The number of carbonyl (C=O) groups is 1. The van der Waals surface area contributed by atoms with E-state index in [-0.39, 0.29) is 51.2 Å². The zero-order valence-electron chi connectivity index (χ0n) is 39.5. The molecule has 0 spiro atoms. The quantitative estimate of drug-likeness (QED) is 0.107. The number of hydrogen-bond acceptors (Lipinski definition) is 18. The molecule has 1 unspecified atom stereocenters. The molecule has 5 saturated carbocycles. The summed E-state index contributed by atoms with van der Waals surface area (Å²) in [6.07, 6.45) is -19.2. The lowest BCUT2D eigenvalue weighted by molar-refractivity contribution is -0.361. The minimum Gasteiger partial charge on any atom is -0.432 e. The third-order valence-corrected chi connectivity index (χ3v) is 19.6. The molecule has 5 aliphatic carbocycles. The number of esters is 1. The largest absolute Gasteiger partial charge is 0.432 e. The highest BCUT2D eigenvalue weighted by Gasteiger charge is 2.74. The van der Waals surface area contributed by atoms with Gasteiger partial charge in [-0.1, -0.05) is 46.8 Å². The summed E-state index contributed by atoms with van der Waals surface area (Å²) in [7, 11) is 0. The minimum absolute atomic E-state index is 0.00799. The van der Waals surface area contributed by atoms with Gasteiger partial charge in [-0.2, -0.15) is 0 Å². The van der Waals surface area contributed by atoms with E-state index in [0.717, 1.165) is 24.8 Å². The predicted molar refractivity (Wildman–Crippen MR) is 230 cm³/mol. The Labute approximate surface area is 387 Å². The van der Waals surface area contributed by atoms with Crippen LogP contribution < -0.4 is 0 Å². The van der Waals surface area contributed by atoms with Crippen molar-refractivity contribution < 1.29 is 89.4 Å². The van der Waals surface area contributed by atoms with Crippen molar-refractivity contribution in [3.8, 4) is 0 Å². The Kier molecular flexibility index (Phi) is 13.9. The lowest BCUT2D eigenvalue weighted by atomic mass is 9.31. The number of rotatable bonds is 9. The molecular weight excluding hydrogens is 865 g/mol. The number of hydrogen-bond donors (Lipinski definition) is 11. The van der Waals surface area contributed by atoms with Gasteiger partial charge < -0.3 is 84.6 Å². The first-order chi connectivity index (χ1) is 30.8. The lowest BCUT2D eigenvalue weighted by Gasteiger charge is -2.73. The fraction of sp³-hybridized carbons (Fsp3) is 0.938. The smallest absolute Gasteiger partial charge is 0.314 e. The summed E-state index contributed by atoms with van der Waals surface area (Å²) < 4.78 is 34.7. The molecule has 18 nitrogen and oxygen atoms in total. The number of carbonyl (C=O) groups excluding carboxylic acids is 1. The molecule has 378 valence electrons. The highest BCUT2D eigenvalue weighted by molar-refractivity contribution is 5.78. The van der Waals surface area contributed by atoms with Crippen molar-refractivity contribution in [2.45, 2.75) is 211 Å². The SMILES string of the molecule is C=C(C)[C@@H]1CC[C@]2(C(=O)O[C@@H]3O[C@H](CO[C@@H]4O[C@H](CO)[C@@H](O[C@H]5O[C@@H](C)[C@H](O)[C@@H](O)[C@H]5O)[C@H](O)[C@H]4O)[C@@H](O)[C@H](O)[C@H]3O)CC[C@]3(C)[C@H](C[C@@H](O)[C@@H]4[C@@]5(C)CC[C@@H](O)C(C)(C)[C@@H]5CC[C@]43C)C12. The monoisotopic (exact) mass is 943 g/mol. The summed E-state index contributed by atoms with van der Waals surface area (Å²) in [6.45, 7) is 17.8. The van der Waals surface area contributed by atoms with Crippen LogP contribution in [0.5, 0.6) is 0 Å². The molecule has 66 heavy (non-hydrogen) atoms. The molecule has 8 fully saturated rings. The highest BCUT2D eigenvalue weighted by atomic mass is 16.8. The summed E-state index contributed by atoms with van der Waals surface area (Å²) >= 11 is 0. The second-order valence-corrected chi connectivity index (χ2v) is 23.1. The van der Waals surface area contributed by atoms with Gasteiger partial charge in [-0.25, -0.2) is 0 Å². The summed E-state index contributed by atoms with van der Waals surface area (Å²) in [5.74, 6) is -0.766. The number of fused-ring (bicyclic) bond motifs is 7. The van der Waals surface area contributed by atoms with Gasteiger partial charge in [0.25, 0.3) is 0 Å². The molecule has 11 N–H and O–H groups in total. The van der Waals surface area contributed by atoms with E-state index in [9.17, 15) is 61.0 Å². The Hall–Kier alpha value is -1.43. The summed E-state index contributed by atoms with van der Waals surface area (Å²) in [5.41, 5.74) is -1.12. The fourth-order valence-corrected chi connectivity index (χ4v) is 15.8. The molecular formula is C48H78O18. The van der Waals surface area contributed by atoms with E-state index in [2.05, 4.69) is 41.2 Å². The summed E-state index contributed by atoms with van der Waals surface area (Å²) in [5, 5.41) is 120. The van der Waals surface area contributed by atoms with Crippen molar-refractivity contribution >= 4 is 5.97 Å². The Bertz CT molecular complexity index is 1780. The van der Waals surface area contributed by atoms with Gasteiger partial charge in [0.1, 0.15) is 67.1 Å². The van der Waals surface area contributed by atoms with E-state index in [1.165, 1.54) is 6.92 Å². The topological polar surface area (TPSA) is 295 Å². The van der Waals surface area contributed by atoms with E-state index in [0.29, 0.717) is 38.5 Å². The molecule has 3 saturated heterocycles. The number of aliphatic hydroxyl groups excluding tert-OH is 11. The van der Waals surface area contributed by atoms with Crippen LogP contribution in [0.15, 0.2) is 12.2 Å². The fourth-order valence-electron chi connectivity index (χ4n) is 15.8. The normalized spacial score (nSPS) is 55.7. The first-order valence-electron chi connectivity index (χ1n) is 24.3. The molecule has 26 atom stereocenters. The van der Waals surface area contributed by atoms with Gasteiger partial charge >= 0.3 is 5.97 Å². The molecule has 8 rings (SSSR count). The lowest BCUT2D eigenvalue weighted by Crippen LogP contribution is -2.70. The Morgan fingerprint density at radius 2 is 1.32 bits per heavy atom. The van der Waals surface area contributed by atoms with Crippen molar-refractivity contribution in [3.63, 3.8) is 0 Å².